The smallest absolute Gasteiger partial charge is 0.409 e. The minimum absolute atomic E-state index is 0.0670. The maximum atomic E-state index is 13.4. The second-order valence-electron chi connectivity index (χ2n) is 9.10. The average molecular weight is 566 g/mol. The predicted octanol–water partition coefficient (Wildman–Crippen LogP) is 5.59. The Morgan fingerprint density at radius 2 is 2.13 bits per heavy atom. The van der Waals surface area contributed by atoms with Gasteiger partial charge in [-0.05, 0) is 42.0 Å². The van der Waals surface area contributed by atoms with Crippen LogP contribution >= 0.6 is 22.9 Å². The van der Waals surface area contributed by atoms with Gasteiger partial charge in [-0.1, -0.05) is 35.6 Å². The van der Waals surface area contributed by atoms with Crippen molar-refractivity contribution in [2.75, 3.05) is 26.0 Å². The first-order valence-electron chi connectivity index (χ1n) is 12.2. The Kier molecular flexibility index (Phi) is 8.12. The monoisotopic (exact) mass is 565 g/mol. The van der Waals surface area contributed by atoms with Gasteiger partial charge >= 0.3 is 6.09 Å². The van der Waals surface area contributed by atoms with Gasteiger partial charge in [0.1, 0.15) is 30.6 Å². The van der Waals surface area contributed by atoms with Gasteiger partial charge in [-0.3, -0.25) is 5.32 Å². The summed E-state index contributed by atoms with van der Waals surface area (Å²) < 4.78 is 25.5. The molecule has 2 atom stereocenters. The molecule has 2 N–H and O–H groups in total. The van der Waals surface area contributed by atoms with Gasteiger partial charge in [-0.15, -0.1) is 11.3 Å². The number of hydrogen-bond donors (Lipinski definition) is 2. The van der Waals surface area contributed by atoms with Crippen LogP contribution in [0.5, 0.6) is 5.75 Å². The van der Waals surface area contributed by atoms with Crippen LogP contribution in [-0.4, -0.2) is 53.7 Å². The van der Waals surface area contributed by atoms with E-state index in [-0.39, 0.29) is 30.7 Å². The highest BCUT2D eigenvalue weighted by molar-refractivity contribution is 7.20. The Morgan fingerprint density at radius 3 is 2.92 bits per heavy atom. The zero-order valence-electron chi connectivity index (χ0n) is 21.2. The SMILES string of the molecule is CN(C)C(=O)O[C@@H]1CN[C@H](C#Cc2cc3ncnc(Nc4ccc(OCc5cccc(F)c5)c(Cl)c4)c3s2)C1. The normalized spacial score (nSPS) is 16.4. The summed E-state index contributed by atoms with van der Waals surface area (Å²) in [5.41, 5.74) is 2.22. The summed E-state index contributed by atoms with van der Waals surface area (Å²) in [5.74, 6) is 7.25. The van der Waals surface area contributed by atoms with Gasteiger partial charge in [-0.25, -0.2) is 19.2 Å². The molecule has 39 heavy (non-hydrogen) atoms. The van der Waals surface area contributed by atoms with E-state index in [9.17, 15) is 9.18 Å². The lowest BCUT2D eigenvalue weighted by atomic mass is 10.2. The molecule has 200 valence electrons. The minimum atomic E-state index is -0.356. The van der Waals surface area contributed by atoms with Crippen LogP contribution in [0.3, 0.4) is 0 Å². The molecule has 1 saturated heterocycles. The molecule has 0 bridgehead atoms. The van der Waals surface area contributed by atoms with Gasteiger partial charge in [0.05, 0.1) is 26.2 Å². The molecule has 5 rings (SSSR count). The molecule has 8 nitrogen and oxygen atoms in total. The number of amides is 1. The number of halogens is 2. The van der Waals surface area contributed by atoms with E-state index in [2.05, 4.69) is 32.4 Å². The molecule has 0 radical (unpaired) electrons. The fourth-order valence-electron chi connectivity index (χ4n) is 3.93. The number of nitrogens with one attached hydrogen (secondary N) is 2. The first-order chi connectivity index (χ1) is 18.8. The Labute approximate surface area is 234 Å². The highest BCUT2D eigenvalue weighted by Crippen LogP contribution is 2.33. The standard InChI is InChI=1S/C28H25ClFN5O3S/c1-35(2)28(36)38-21-11-19(31-14-21)6-8-22-13-24-26(39-22)27(33-16-32-24)34-20-7-9-25(23(29)12-20)37-15-17-4-3-5-18(30)10-17/h3-5,7,9-10,12-13,16,19,21,31H,11,14-15H2,1-2H3,(H,32,33,34)/t19-,21+/m1/s1. The second kappa shape index (κ2) is 11.9. The van der Waals surface area contributed by atoms with Crippen molar-refractivity contribution in [1.29, 1.82) is 0 Å². The van der Waals surface area contributed by atoms with Crippen molar-refractivity contribution in [3.05, 3.63) is 76.1 Å². The van der Waals surface area contributed by atoms with E-state index in [1.807, 2.05) is 12.1 Å². The molecule has 0 saturated carbocycles. The van der Waals surface area contributed by atoms with Gasteiger partial charge in [0.15, 0.2) is 5.82 Å². The maximum Gasteiger partial charge on any atom is 0.409 e. The molecule has 0 aliphatic carbocycles. The van der Waals surface area contributed by atoms with E-state index in [4.69, 9.17) is 21.1 Å². The summed E-state index contributed by atoms with van der Waals surface area (Å²) >= 11 is 7.94. The summed E-state index contributed by atoms with van der Waals surface area (Å²) in [6.45, 7) is 0.774. The highest BCUT2D eigenvalue weighted by Gasteiger charge is 2.26. The number of anilines is 2. The fraction of sp³-hybridized carbons (Fsp3) is 0.250. The number of aromatic nitrogens is 2. The van der Waals surface area contributed by atoms with Crippen molar-refractivity contribution in [1.82, 2.24) is 20.2 Å². The lowest BCUT2D eigenvalue weighted by Crippen LogP contribution is -2.29. The maximum absolute atomic E-state index is 13.4. The molecule has 0 spiro atoms. The second-order valence-corrected chi connectivity index (χ2v) is 10.6. The van der Waals surface area contributed by atoms with Gasteiger partial charge < -0.3 is 19.7 Å². The molecule has 1 amide bonds. The molecule has 11 heteroatoms. The van der Waals surface area contributed by atoms with Crippen LogP contribution in [-0.2, 0) is 11.3 Å². The predicted molar refractivity (Wildman–Crippen MR) is 150 cm³/mol. The third-order valence-corrected chi connectivity index (χ3v) is 7.22. The molecular weight excluding hydrogens is 541 g/mol. The van der Waals surface area contributed by atoms with Crippen LogP contribution in [0.4, 0.5) is 20.7 Å². The van der Waals surface area contributed by atoms with Crippen LogP contribution in [0.25, 0.3) is 10.2 Å². The number of benzene rings is 2. The van der Waals surface area contributed by atoms with E-state index in [1.54, 1.807) is 38.4 Å². The van der Waals surface area contributed by atoms with Crippen LogP contribution < -0.4 is 15.4 Å². The molecule has 4 aromatic rings. The summed E-state index contributed by atoms with van der Waals surface area (Å²) in [7, 11) is 3.32. The first-order valence-corrected chi connectivity index (χ1v) is 13.3. The summed E-state index contributed by atoms with van der Waals surface area (Å²) in [4.78, 5) is 22.8. The molecule has 1 fully saturated rings. The van der Waals surface area contributed by atoms with Crippen LogP contribution in [0.15, 0.2) is 54.9 Å². The largest absolute Gasteiger partial charge is 0.487 e. The lowest BCUT2D eigenvalue weighted by molar-refractivity contribution is 0.0826. The minimum Gasteiger partial charge on any atom is -0.487 e. The summed E-state index contributed by atoms with van der Waals surface area (Å²) in [5, 5.41) is 7.00. The van der Waals surface area contributed by atoms with E-state index in [1.165, 1.54) is 34.7 Å². The molecule has 1 aliphatic heterocycles. The number of ether oxygens (including phenoxy) is 2. The highest BCUT2D eigenvalue weighted by atomic mass is 35.5. The molecule has 1 aliphatic rings. The van der Waals surface area contributed by atoms with Crippen molar-refractivity contribution < 1.29 is 18.7 Å². The van der Waals surface area contributed by atoms with Gasteiger partial charge in [0.2, 0.25) is 0 Å². The number of rotatable bonds is 6. The third-order valence-electron chi connectivity index (χ3n) is 5.88. The number of carbonyl (C=O) groups excluding carboxylic acids is 1. The quantitative estimate of drug-likeness (QED) is 0.295. The van der Waals surface area contributed by atoms with E-state index < -0.39 is 0 Å². The summed E-state index contributed by atoms with van der Waals surface area (Å²) in [6, 6.07) is 13.4. The zero-order valence-corrected chi connectivity index (χ0v) is 22.8. The Balaban J connectivity index is 1.24. The topological polar surface area (TPSA) is 88.6 Å². The van der Waals surface area contributed by atoms with Gasteiger partial charge in [0.25, 0.3) is 0 Å². The van der Waals surface area contributed by atoms with E-state index in [0.29, 0.717) is 35.1 Å². The third kappa shape index (κ3) is 6.75. The van der Waals surface area contributed by atoms with Crippen molar-refractivity contribution in [3.63, 3.8) is 0 Å². The number of fused-ring (bicyclic) bond motifs is 1. The number of carbonyl (C=O) groups is 1. The summed E-state index contributed by atoms with van der Waals surface area (Å²) in [6.07, 6.45) is 1.57. The number of hydrogen-bond acceptors (Lipinski definition) is 8. The van der Waals surface area contributed by atoms with Gasteiger partial charge in [-0.2, -0.15) is 0 Å². The molecule has 2 aromatic carbocycles. The zero-order chi connectivity index (χ0) is 27.4. The van der Waals surface area contributed by atoms with E-state index >= 15 is 0 Å². The first kappa shape index (κ1) is 26.7. The molecule has 2 aromatic heterocycles. The Hall–Kier alpha value is -3.91. The van der Waals surface area contributed by atoms with E-state index in [0.717, 1.165) is 20.8 Å². The Morgan fingerprint density at radius 1 is 1.26 bits per heavy atom. The van der Waals surface area contributed by atoms with Crippen LogP contribution in [0.1, 0.15) is 16.9 Å². The fourth-order valence-corrected chi connectivity index (χ4v) is 5.09. The molecular formula is C28H25ClFN5O3S. The number of thiophene rings is 1. The van der Waals surface area contributed by atoms with Crippen molar-refractivity contribution >= 4 is 50.8 Å². The van der Waals surface area contributed by atoms with Crippen molar-refractivity contribution in [3.8, 4) is 17.6 Å². The lowest BCUT2D eigenvalue weighted by Gasteiger charge is -2.15. The van der Waals surface area contributed by atoms with Crippen LogP contribution in [0, 0.1) is 17.7 Å². The number of nitrogens with zero attached hydrogens (tertiary/aromatic N) is 3. The van der Waals surface area contributed by atoms with Crippen molar-refractivity contribution in [2.45, 2.75) is 25.2 Å². The average Bonchev–Trinajstić information content (AvgIpc) is 3.54. The molecule has 3 heterocycles. The Bertz CT molecular complexity index is 1570. The van der Waals surface area contributed by atoms with Crippen molar-refractivity contribution in [2.24, 2.45) is 0 Å². The molecule has 0 unspecified atom stereocenters. The van der Waals surface area contributed by atoms with Gasteiger partial charge in [0, 0.05) is 32.7 Å². The van der Waals surface area contributed by atoms with Crippen LogP contribution in [0.2, 0.25) is 5.02 Å².